The second-order valence-corrected chi connectivity index (χ2v) is 8.36. The summed E-state index contributed by atoms with van der Waals surface area (Å²) in [5.41, 5.74) is 4.40. The molecule has 1 fully saturated rings. The molecule has 3 aromatic carbocycles. The van der Waals surface area contributed by atoms with Gasteiger partial charge in [0, 0.05) is 36.8 Å². The van der Waals surface area contributed by atoms with E-state index in [9.17, 15) is 8.78 Å². The number of aryl methyl sites for hydroxylation is 1. The number of halogens is 3. The van der Waals surface area contributed by atoms with E-state index in [0.717, 1.165) is 37.2 Å². The molecule has 1 aliphatic heterocycles. The molecular formula is C25H25ClF2N2. The van der Waals surface area contributed by atoms with E-state index in [-0.39, 0.29) is 17.8 Å². The quantitative estimate of drug-likeness (QED) is 0.470. The lowest BCUT2D eigenvalue weighted by molar-refractivity contribution is -0.00908. The van der Waals surface area contributed by atoms with Crippen LogP contribution in [0.1, 0.15) is 34.8 Å². The third kappa shape index (κ3) is 4.89. The van der Waals surface area contributed by atoms with Crippen molar-refractivity contribution in [2.45, 2.75) is 32.6 Å². The van der Waals surface area contributed by atoms with E-state index in [1.165, 1.54) is 35.4 Å². The van der Waals surface area contributed by atoms with Gasteiger partial charge < -0.3 is 0 Å². The number of hydrogen-bond donors (Lipinski definition) is 0. The standard InChI is InChI=1S/C25H25ClF2N2/c1-18-4-2-5-20(14-18)17-30-13-3-12-29(16-19-6-8-21(27)9-7-19)25(30)23-11-10-22(28)15-24(23)26/h2,4-11,14-15,25H,3,12-13,16-17H2,1H3. The lowest BCUT2D eigenvalue weighted by Crippen LogP contribution is -2.47. The van der Waals surface area contributed by atoms with Crippen LogP contribution >= 0.6 is 11.6 Å². The maximum absolute atomic E-state index is 13.7. The summed E-state index contributed by atoms with van der Waals surface area (Å²) < 4.78 is 27.1. The maximum Gasteiger partial charge on any atom is 0.124 e. The Bertz CT molecular complexity index is 1010. The SMILES string of the molecule is Cc1cccc(CN2CCCN(Cc3ccc(F)cc3)C2c2ccc(F)cc2Cl)c1. The normalized spacial score (nSPS) is 17.9. The molecule has 156 valence electrons. The van der Waals surface area contributed by atoms with Gasteiger partial charge in [0.25, 0.3) is 0 Å². The van der Waals surface area contributed by atoms with Crippen LogP contribution in [0.2, 0.25) is 5.02 Å². The van der Waals surface area contributed by atoms with Gasteiger partial charge in [0.15, 0.2) is 0 Å². The van der Waals surface area contributed by atoms with Crippen LogP contribution in [0.3, 0.4) is 0 Å². The Labute approximate surface area is 181 Å². The van der Waals surface area contributed by atoms with E-state index < -0.39 is 0 Å². The fourth-order valence-corrected chi connectivity index (χ4v) is 4.52. The summed E-state index contributed by atoms with van der Waals surface area (Å²) in [4.78, 5) is 4.73. The number of nitrogens with zero attached hydrogens (tertiary/aromatic N) is 2. The third-order valence-corrected chi connectivity index (χ3v) is 5.92. The molecule has 0 radical (unpaired) electrons. The molecule has 1 unspecified atom stereocenters. The van der Waals surface area contributed by atoms with Crippen LogP contribution in [-0.4, -0.2) is 22.9 Å². The van der Waals surface area contributed by atoms with Gasteiger partial charge in [-0.1, -0.05) is 59.6 Å². The van der Waals surface area contributed by atoms with Crippen LogP contribution in [0, 0.1) is 18.6 Å². The largest absolute Gasteiger partial charge is 0.280 e. The van der Waals surface area contributed by atoms with Crippen molar-refractivity contribution >= 4 is 11.6 Å². The van der Waals surface area contributed by atoms with Gasteiger partial charge in [0.05, 0.1) is 6.17 Å². The lowest BCUT2D eigenvalue weighted by Gasteiger charge is -2.44. The van der Waals surface area contributed by atoms with Crippen molar-refractivity contribution in [1.29, 1.82) is 0 Å². The summed E-state index contributed by atoms with van der Waals surface area (Å²) in [6.45, 7) is 5.35. The topological polar surface area (TPSA) is 6.48 Å². The number of benzene rings is 3. The molecule has 0 spiro atoms. The molecular weight excluding hydrogens is 402 g/mol. The molecule has 0 aliphatic carbocycles. The van der Waals surface area contributed by atoms with Crippen LogP contribution in [-0.2, 0) is 13.1 Å². The van der Waals surface area contributed by atoms with Crippen LogP contribution in [0.4, 0.5) is 8.78 Å². The van der Waals surface area contributed by atoms with E-state index in [4.69, 9.17) is 11.6 Å². The van der Waals surface area contributed by atoms with E-state index in [1.807, 2.05) is 12.1 Å². The lowest BCUT2D eigenvalue weighted by atomic mass is 10.0. The van der Waals surface area contributed by atoms with Gasteiger partial charge in [0.1, 0.15) is 11.6 Å². The van der Waals surface area contributed by atoms with E-state index >= 15 is 0 Å². The van der Waals surface area contributed by atoms with E-state index in [0.29, 0.717) is 11.6 Å². The van der Waals surface area contributed by atoms with E-state index in [2.05, 4.69) is 41.0 Å². The van der Waals surface area contributed by atoms with Gasteiger partial charge in [-0.25, -0.2) is 8.78 Å². The van der Waals surface area contributed by atoms with Crippen LogP contribution in [0.15, 0.2) is 66.7 Å². The molecule has 1 atom stereocenters. The molecule has 3 aromatic rings. The zero-order chi connectivity index (χ0) is 21.1. The van der Waals surface area contributed by atoms with Crippen LogP contribution < -0.4 is 0 Å². The first kappa shape index (κ1) is 21.0. The molecule has 1 heterocycles. The average molecular weight is 427 g/mol. The molecule has 5 heteroatoms. The summed E-state index contributed by atoms with van der Waals surface area (Å²) in [5, 5.41) is 0.431. The smallest absolute Gasteiger partial charge is 0.124 e. The molecule has 0 saturated carbocycles. The molecule has 2 nitrogen and oxygen atoms in total. The molecule has 30 heavy (non-hydrogen) atoms. The van der Waals surface area contributed by atoms with Gasteiger partial charge in [-0.05, 0) is 48.7 Å². The zero-order valence-electron chi connectivity index (χ0n) is 17.0. The van der Waals surface area contributed by atoms with Gasteiger partial charge in [-0.15, -0.1) is 0 Å². The average Bonchev–Trinajstić information content (AvgIpc) is 2.71. The van der Waals surface area contributed by atoms with Crippen molar-refractivity contribution in [3.63, 3.8) is 0 Å². The highest BCUT2D eigenvalue weighted by Crippen LogP contribution is 2.36. The molecule has 0 amide bonds. The predicted octanol–water partition coefficient (Wildman–Crippen LogP) is 6.33. The van der Waals surface area contributed by atoms with Gasteiger partial charge >= 0.3 is 0 Å². The van der Waals surface area contributed by atoms with Crippen molar-refractivity contribution in [1.82, 2.24) is 9.80 Å². The minimum atomic E-state index is -0.338. The number of hydrogen-bond acceptors (Lipinski definition) is 2. The minimum absolute atomic E-state index is 0.0857. The molecule has 0 N–H and O–H groups in total. The summed E-state index contributed by atoms with van der Waals surface area (Å²) in [5.74, 6) is -0.577. The first-order valence-electron chi connectivity index (χ1n) is 10.2. The zero-order valence-corrected chi connectivity index (χ0v) is 17.7. The maximum atomic E-state index is 13.7. The van der Waals surface area contributed by atoms with Gasteiger partial charge in [-0.3, -0.25) is 9.80 Å². The van der Waals surface area contributed by atoms with Crippen molar-refractivity contribution in [2.24, 2.45) is 0 Å². The fourth-order valence-electron chi connectivity index (χ4n) is 4.26. The predicted molar refractivity (Wildman–Crippen MR) is 117 cm³/mol. The first-order chi connectivity index (χ1) is 14.5. The van der Waals surface area contributed by atoms with Crippen molar-refractivity contribution < 1.29 is 8.78 Å². The van der Waals surface area contributed by atoms with Crippen molar-refractivity contribution in [2.75, 3.05) is 13.1 Å². The summed E-state index contributed by atoms with van der Waals surface area (Å²) in [7, 11) is 0. The number of rotatable bonds is 5. The van der Waals surface area contributed by atoms with Crippen LogP contribution in [0.5, 0.6) is 0 Å². The molecule has 4 rings (SSSR count). The Morgan fingerprint density at radius 2 is 1.50 bits per heavy atom. The molecule has 0 bridgehead atoms. The third-order valence-electron chi connectivity index (χ3n) is 5.59. The fraction of sp³-hybridized carbons (Fsp3) is 0.280. The van der Waals surface area contributed by atoms with E-state index in [1.54, 1.807) is 6.07 Å². The summed E-state index contributed by atoms with van der Waals surface area (Å²) >= 11 is 6.50. The monoisotopic (exact) mass is 426 g/mol. The van der Waals surface area contributed by atoms with Crippen LogP contribution in [0.25, 0.3) is 0 Å². The first-order valence-corrected chi connectivity index (χ1v) is 10.6. The highest BCUT2D eigenvalue weighted by molar-refractivity contribution is 6.31. The van der Waals surface area contributed by atoms with Gasteiger partial charge in [-0.2, -0.15) is 0 Å². The second-order valence-electron chi connectivity index (χ2n) is 7.95. The summed E-state index contributed by atoms with van der Waals surface area (Å²) in [6, 6.07) is 19.7. The van der Waals surface area contributed by atoms with Gasteiger partial charge in [0.2, 0.25) is 0 Å². The molecule has 1 saturated heterocycles. The Morgan fingerprint density at radius 3 is 2.17 bits per heavy atom. The minimum Gasteiger partial charge on any atom is -0.280 e. The second kappa shape index (κ2) is 9.25. The Morgan fingerprint density at radius 1 is 0.833 bits per heavy atom. The van der Waals surface area contributed by atoms with Crippen molar-refractivity contribution in [3.05, 3.63) is 106 Å². The summed E-state index contributed by atoms with van der Waals surface area (Å²) in [6.07, 6.45) is 0.930. The molecule has 1 aliphatic rings. The Kier molecular flexibility index (Phi) is 6.47. The Balaban J connectivity index is 1.67. The highest BCUT2D eigenvalue weighted by Gasteiger charge is 2.32. The molecule has 0 aromatic heterocycles. The highest BCUT2D eigenvalue weighted by atomic mass is 35.5. The van der Waals surface area contributed by atoms with Crippen molar-refractivity contribution in [3.8, 4) is 0 Å². The Hall–Kier alpha value is -2.27.